The van der Waals surface area contributed by atoms with Crippen molar-refractivity contribution >= 4 is 33.6 Å². The highest BCUT2D eigenvalue weighted by Crippen LogP contribution is 2.16. The molecule has 0 aliphatic rings. The number of benzene rings is 1. The molecule has 0 radical (unpaired) electrons. The van der Waals surface area contributed by atoms with E-state index in [2.05, 4.69) is 26.2 Å². The lowest BCUT2D eigenvalue weighted by atomic mass is 10.1. The zero-order valence-electron chi connectivity index (χ0n) is 10.6. The van der Waals surface area contributed by atoms with Gasteiger partial charge in [0.25, 0.3) is 5.91 Å². The topological polar surface area (TPSA) is 79.3 Å². The Labute approximate surface area is 123 Å². The fourth-order valence-corrected chi connectivity index (χ4v) is 2.26. The number of carbonyl (C=O) groups excluding carboxylic acids is 1. The molecule has 6 heteroatoms. The fraction of sp³-hybridized carbons (Fsp3) is 0.0714. The molecule has 0 aliphatic carbocycles. The lowest BCUT2D eigenvalue weighted by Gasteiger charge is -2.06. The molecule has 0 bridgehead atoms. The number of pyridine rings is 1. The van der Waals surface area contributed by atoms with Gasteiger partial charge in [-0.05, 0) is 42.8 Å². The molecule has 1 aromatic heterocycles. The van der Waals surface area contributed by atoms with Crippen LogP contribution >= 0.6 is 15.9 Å². The number of hydrogen-bond acceptors (Lipinski definition) is 3. The van der Waals surface area contributed by atoms with Crippen molar-refractivity contribution in [2.24, 2.45) is 0 Å². The second-order valence-corrected chi connectivity index (χ2v) is 5.12. The predicted octanol–water partition coefficient (Wildman–Crippen LogP) is 3.10. The zero-order valence-corrected chi connectivity index (χ0v) is 12.1. The van der Waals surface area contributed by atoms with Gasteiger partial charge in [-0.15, -0.1) is 0 Å². The molecule has 1 amide bonds. The number of aryl methyl sites for hydroxylation is 1. The number of anilines is 1. The van der Waals surface area contributed by atoms with Crippen LogP contribution in [0.4, 0.5) is 5.82 Å². The van der Waals surface area contributed by atoms with Crippen molar-refractivity contribution in [2.45, 2.75) is 6.92 Å². The molecule has 0 atom stereocenters. The monoisotopic (exact) mass is 334 g/mol. The van der Waals surface area contributed by atoms with Gasteiger partial charge in [-0.1, -0.05) is 15.9 Å². The summed E-state index contributed by atoms with van der Waals surface area (Å²) >= 11 is 3.33. The van der Waals surface area contributed by atoms with Gasteiger partial charge < -0.3 is 10.4 Å². The summed E-state index contributed by atoms with van der Waals surface area (Å²) in [5, 5.41) is 11.4. The normalized spacial score (nSPS) is 10.1. The SMILES string of the molecule is Cc1cc(Br)cc(C(=O)Nc2ccc(C(=O)O)cn2)c1. The second kappa shape index (κ2) is 5.83. The summed E-state index contributed by atoms with van der Waals surface area (Å²) in [7, 11) is 0. The lowest BCUT2D eigenvalue weighted by molar-refractivity contribution is 0.0696. The first-order valence-electron chi connectivity index (χ1n) is 5.73. The van der Waals surface area contributed by atoms with Gasteiger partial charge in [-0.3, -0.25) is 4.79 Å². The number of aromatic carboxylic acids is 1. The van der Waals surface area contributed by atoms with E-state index in [0.29, 0.717) is 11.4 Å². The summed E-state index contributed by atoms with van der Waals surface area (Å²) in [6, 6.07) is 8.19. The molecule has 20 heavy (non-hydrogen) atoms. The molecular weight excluding hydrogens is 324 g/mol. The zero-order chi connectivity index (χ0) is 14.7. The molecule has 0 unspecified atom stereocenters. The molecule has 0 saturated carbocycles. The van der Waals surface area contributed by atoms with E-state index in [-0.39, 0.29) is 11.5 Å². The smallest absolute Gasteiger partial charge is 0.337 e. The molecule has 2 aromatic rings. The molecule has 0 spiro atoms. The molecule has 0 saturated heterocycles. The standard InChI is InChI=1S/C14H11BrN2O3/c1-8-4-10(6-11(15)5-8)13(18)17-12-3-2-9(7-16-12)14(19)20/h2-7H,1H3,(H,19,20)(H,16,17,18). The maximum atomic E-state index is 12.0. The first kappa shape index (κ1) is 14.2. The molecule has 2 rings (SSSR count). The van der Waals surface area contributed by atoms with Crippen molar-refractivity contribution in [3.63, 3.8) is 0 Å². The van der Waals surface area contributed by atoms with Crippen LogP contribution in [0.25, 0.3) is 0 Å². The number of carboxylic acid groups (broad SMARTS) is 1. The quantitative estimate of drug-likeness (QED) is 0.903. The van der Waals surface area contributed by atoms with E-state index in [9.17, 15) is 9.59 Å². The van der Waals surface area contributed by atoms with E-state index in [4.69, 9.17) is 5.11 Å². The summed E-state index contributed by atoms with van der Waals surface area (Å²) in [4.78, 5) is 26.6. The molecule has 2 N–H and O–H groups in total. The van der Waals surface area contributed by atoms with Crippen LogP contribution < -0.4 is 5.32 Å². The molecule has 1 heterocycles. The van der Waals surface area contributed by atoms with Crippen molar-refractivity contribution in [1.82, 2.24) is 4.98 Å². The largest absolute Gasteiger partial charge is 0.478 e. The maximum Gasteiger partial charge on any atom is 0.337 e. The third-order valence-corrected chi connectivity index (χ3v) is 3.01. The summed E-state index contributed by atoms with van der Waals surface area (Å²) in [5.41, 5.74) is 1.53. The highest BCUT2D eigenvalue weighted by Gasteiger charge is 2.09. The van der Waals surface area contributed by atoms with E-state index in [1.54, 1.807) is 12.1 Å². The Bertz CT molecular complexity index is 648. The van der Waals surface area contributed by atoms with E-state index in [1.807, 2.05) is 13.0 Å². The minimum atomic E-state index is -1.06. The predicted molar refractivity (Wildman–Crippen MR) is 78.0 cm³/mol. The summed E-state index contributed by atoms with van der Waals surface area (Å²) < 4.78 is 0.817. The van der Waals surface area contributed by atoms with E-state index in [1.165, 1.54) is 18.3 Å². The van der Waals surface area contributed by atoms with Gasteiger partial charge in [0, 0.05) is 16.2 Å². The van der Waals surface area contributed by atoms with Crippen LogP contribution in [0.15, 0.2) is 41.0 Å². The third kappa shape index (κ3) is 3.42. The van der Waals surface area contributed by atoms with Gasteiger partial charge in [0.1, 0.15) is 5.82 Å². The number of hydrogen-bond donors (Lipinski definition) is 2. The van der Waals surface area contributed by atoms with Gasteiger partial charge in [0.15, 0.2) is 0 Å². The van der Waals surface area contributed by atoms with Crippen molar-refractivity contribution < 1.29 is 14.7 Å². The molecule has 102 valence electrons. The number of carbonyl (C=O) groups is 2. The van der Waals surface area contributed by atoms with Crippen molar-refractivity contribution in [3.8, 4) is 0 Å². The Balaban J connectivity index is 2.16. The van der Waals surface area contributed by atoms with Crippen molar-refractivity contribution in [3.05, 3.63) is 57.7 Å². The Hall–Kier alpha value is -2.21. The Morgan fingerprint density at radius 2 is 1.95 bits per heavy atom. The summed E-state index contributed by atoms with van der Waals surface area (Å²) in [5.74, 6) is -1.06. The van der Waals surface area contributed by atoms with E-state index >= 15 is 0 Å². The van der Waals surface area contributed by atoms with E-state index in [0.717, 1.165) is 10.0 Å². The minimum absolute atomic E-state index is 0.0706. The van der Waals surface area contributed by atoms with Crippen LogP contribution in [-0.4, -0.2) is 22.0 Å². The van der Waals surface area contributed by atoms with Gasteiger partial charge in [0.05, 0.1) is 5.56 Å². The van der Waals surface area contributed by atoms with Crippen LogP contribution in [0.2, 0.25) is 0 Å². The number of carboxylic acids is 1. The molecule has 1 aromatic carbocycles. The first-order chi connectivity index (χ1) is 9.45. The molecular formula is C14H11BrN2O3. The number of amides is 1. The van der Waals surface area contributed by atoms with Crippen molar-refractivity contribution in [1.29, 1.82) is 0 Å². The highest BCUT2D eigenvalue weighted by atomic mass is 79.9. The van der Waals surface area contributed by atoms with Gasteiger partial charge in [-0.2, -0.15) is 0 Å². The summed E-state index contributed by atoms with van der Waals surface area (Å²) in [6.45, 7) is 1.89. The third-order valence-electron chi connectivity index (χ3n) is 2.56. The van der Waals surface area contributed by atoms with Crippen molar-refractivity contribution in [2.75, 3.05) is 5.32 Å². The second-order valence-electron chi connectivity index (χ2n) is 4.21. The number of nitrogens with zero attached hydrogens (tertiary/aromatic N) is 1. The van der Waals surface area contributed by atoms with E-state index < -0.39 is 5.97 Å². The molecule has 0 fully saturated rings. The van der Waals surface area contributed by atoms with Crippen LogP contribution in [0, 0.1) is 6.92 Å². The maximum absolute atomic E-state index is 12.0. The average Bonchev–Trinajstić information content (AvgIpc) is 2.38. The molecule has 5 nitrogen and oxygen atoms in total. The van der Waals surface area contributed by atoms with Gasteiger partial charge in [-0.25, -0.2) is 9.78 Å². The number of rotatable bonds is 3. The number of nitrogens with one attached hydrogen (secondary N) is 1. The highest BCUT2D eigenvalue weighted by molar-refractivity contribution is 9.10. The average molecular weight is 335 g/mol. The fourth-order valence-electron chi connectivity index (χ4n) is 1.65. The van der Waals surface area contributed by atoms with Crippen LogP contribution in [0.5, 0.6) is 0 Å². The summed E-state index contributed by atoms with van der Waals surface area (Å²) in [6.07, 6.45) is 1.20. The minimum Gasteiger partial charge on any atom is -0.478 e. The number of aromatic nitrogens is 1. The van der Waals surface area contributed by atoms with Gasteiger partial charge in [0.2, 0.25) is 0 Å². The van der Waals surface area contributed by atoms with Gasteiger partial charge >= 0.3 is 5.97 Å². The Morgan fingerprint density at radius 1 is 1.20 bits per heavy atom. The van der Waals surface area contributed by atoms with Crippen LogP contribution in [0.3, 0.4) is 0 Å². The molecule has 0 aliphatic heterocycles. The lowest BCUT2D eigenvalue weighted by Crippen LogP contribution is -2.13. The van der Waals surface area contributed by atoms with Crippen LogP contribution in [0.1, 0.15) is 26.3 Å². The Morgan fingerprint density at radius 3 is 2.50 bits per heavy atom. The Kier molecular flexibility index (Phi) is 4.14. The number of halogens is 1. The first-order valence-corrected chi connectivity index (χ1v) is 6.53. The van der Waals surface area contributed by atoms with Crippen LogP contribution in [-0.2, 0) is 0 Å².